The molecule has 5 heteroatoms. The highest BCUT2D eigenvalue weighted by Gasteiger charge is 2.19. The van der Waals surface area contributed by atoms with E-state index in [0.717, 1.165) is 54.2 Å². The van der Waals surface area contributed by atoms with E-state index >= 15 is 0 Å². The molecule has 0 atom stereocenters. The van der Waals surface area contributed by atoms with Crippen LogP contribution in [-0.4, -0.2) is 29.4 Å². The summed E-state index contributed by atoms with van der Waals surface area (Å²) in [6.45, 7) is 5.80. The minimum Gasteiger partial charge on any atom is -0.497 e. The van der Waals surface area contributed by atoms with Gasteiger partial charge in [-0.1, -0.05) is 24.4 Å². The zero-order valence-corrected chi connectivity index (χ0v) is 16.8. The van der Waals surface area contributed by atoms with Crippen LogP contribution < -0.4 is 4.74 Å². The van der Waals surface area contributed by atoms with Crippen LogP contribution in [0.2, 0.25) is 0 Å². The molecule has 1 aromatic carbocycles. The lowest BCUT2D eigenvalue weighted by atomic mass is 9.96. The zero-order chi connectivity index (χ0) is 18.5. The summed E-state index contributed by atoms with van der Waals surface area (Å²) in [5, 5.41) is 0. The maximum atomic E-state index is 5.74. The van der Waals surface area contributed by atoms with E-state index in [-0.39, 0.29) is 6.10 Å². The molecule has 3 rings (SSSR count). The van der Waals surface area contributed by atoms with Crippen molar-refractivity contribution < 1.29 is 9.47 Å². The molecular weight excluding hydrogens is 344 g/mol. The van der Waals surface area contributed by atoms with E-state index in [1.165, 1.54) is 24.1 Å². The zero-order valence-electron chi connectivity index (χ0n) is 16.0. The molecule has 0 radical (unpaired) electrons. The minimum absolute atomic E-state index is 0.264. The Hall–Kier alpha value is -1.72. The van der Waals surface area contributed by atoms with Crippen molar-refractivity contribution in [3.63, 3.8) is 0 Å². The molecule has 0 spiro atoms. The Labute approximate surface area is 161 Å². The largest absolute Gasteiger partial charge is 0.497 e. The summed E-state index contributed by atoms with van der Waals surface area (Å²) in [6, 6.07) is 8.07. The van der Waals surface area contributed by atoms with Gasteiger partial charge in [0.1, 0.15) is 16.2 Å². The predicted molar refractivity (Wildman–Crippen MR) is 107 cm³/mol. The van der Waals surface area contributed by atoms with Crippen LogP contribution in [0.1, 0.15) is 44.4 Å². The average Bonchev–Trinajstić information content (AvgIpc) is 2.66. The highest BCUT2D eigenvalue weighted by atomic mass is 32.1. The Morgan fingerprint density at radius 1 is 1.23 bits per heavy atom. The third-order valence-corrected chi connectivity index (χ3v) is 5.13. The second-order valence-electron chi connectivity index (χ2n) is 7.03. The van der Waals surface area contributed by atoms with Gasteiger partial charge in [-0.25, -0.2) is 4.98 Å². The van der Waals surface area contributed by atoms with E-state index in [2.05, 4.69) is 24.5 Å². The molecule has 1 aliphatic carbocycles. The number of methoxy groups -OCH3 is 1. The van der Waals surface area contributed by atoms with Crippen molar-refractivity contribution >= 4 is 12.2 Å². The summed E-state index contributed by atoms with van der Waals surface area (Å²) in [5.41, 5.74) is 3.68. The fraction of sp³-hybridized carbons (Fsp3) is 0.524. The standard InChI is InChI=1S/C21H28N2O2S/c1-15(2)25-13-7-12-23-19-11-5-4-10-18(19)21(26)22-20(23)16-8-6-9-17(14-16)24-3/h6,8-9,14-15H,4-5,7,10-13H2,1-3H3. The lowest BCUT2D eigenvalue weighted by molar-refractivity contribution is 0.0747. The SMILES string of the molecule is COc1cccc(-c2nc(=S)c3c(n2CCCOC(C)C)CCCC3)c1. The van der Waals surface area contributed by atoms with Crippen molar-refractivity contribution in [1.29, 1.82) is 0 Å². The second kappa shape index (κ2) is 8.78. The fourth-order valence-electron chi connectivity index (χ4n) is 3.53. The molecule has 0 bridgehead atoms. The number of fused-ring (bicyclic) bond motifs is 1. The van der Waals surface area contributed by atoms with E-state index in [1.807, 2.05) is 18.2 Å². The molecule has 0 aliphatic heterocycles. The quantitative estimate of drug-likeness (QED) is 0.507. The number of hydrogen-bond acceptors (Lipinski definition) is 4. The van der Waals surface area contributed by atoms with E-state index in [9.17, 15) is 0 Å². The van der Waals surface area contributed by atoms with E-state index in [1.54, 1.807) is 7.11 Å². The van der Waals surface area contributed by atoms with Crippen molar-refractivity contribution in [2.75, 3.05) is 13.7 Å². The number of hydrogen-bond donors (Lipinski definition) is 0. The Kier molecular flexibility index (Phi) is 6.43. The smallest absolute Gasteiger partial charge is 0.141 e. The first kappa shape index (κ1) is 19.1. The Balaban J connectivity index is 2.01. The first-order valence-corrected chi connectivity index (χ1v) is 9.89. The van der Waals surface area contributed by atoms with E-state index < -0.39 is 0 Å². The van der Waals surface area contributed by atoms with Gasteiger partial charge < -0.3 is 14.0 Å². The Bertz CT molecular complexity index is 814. The van der Waals surface area contributed by atoms with Crippen LogP contribution in [0.3, 0.4) is 0 Å². The van der Waals surface area contributed by atoms with Crippen molar-refractivity contribution in [2.45, 2.75) is 58.6 Å². The van der Waals surface area contributed by atoms with Gasteiger partial charge in [0, 0.05) is 30.0 Å². The van der Waals surface area contributed by atoms with Gasteiger partial charge in [0.05, 0.1) is 13.2 Å². The molecule has 2 aromatic rings. The van der Waals surface area contributed by atoms with Gasteiger partial charge in [0.2, 0.25) is 0 Å². The molecule has 1 heterocycles. The molecule has 1 aromatic heterocycles. The molecule has 1 aliphatic rings. The summed E-state index contributed by atoms with van der Waals surface area (Å²) in [6.07, 6.45) is 5.76. The number of rotatable bonds is 7. The summed E-state index contributed by atoms with van der Waals surface area (Å²) < 4.78 is 14.3. The first-order chi connectivity index (χ1) is 12.6. The fourth-order valence-corrected chi connectivity index (χ4v) is 3.84. The van der Waals surface area contributed by atoms with Gasteiger partial charge in [-0.2, -0.15) is 0 Å². The summed E-state index contributed by atoms with van der Waals surface area (Å²) in [7, 11) is 1.69. The number of nitrogens with zero attached hydrogens (tertiary/aromatic N) is 2. The number of benzene rings is 1. The highest BCUT2D eigenvalue weighted by molar-refractivity contribution is 7.71. The third kappa shape index (κ3) is 4.33. The minimum atomic E-state index is 0.264. The molecule has 4 nitrogen and oxygen atoms in total. The van der Waals surface area contributed by atoms with Gasteiger partial charge >= 0.3 is 0 Å². The van der Waals surface area contributed by atoms with Crippen LogP contribution in [0.5, 0.6) is 5.75 Å². The van der Waals surface area contributed by atoms with Crippen molar-refractivity contribution in [2.24, 2.45) is 0 Å². The van der Waals surface area contributed by atoms with Crippen LogP contribution in [0, 0.1) is 4.64 Å². The van der Waals surface area contributed by atoms with Crippen molar-refractivity contribution in [3.8, 4) is 17.1 Å². The van der Waals surface area contributed by atoms with Gasteiger partial charge in [-0.3, -0.25) is 0 Å². The highest BCUT2D eigenvalue weighted by Crippen LogP contribution is 2.29. The first-order valence-electron chi connectivity index (χ1n) is 9.48. The van der Waals surface area contributed by atoms with Crippen molar-refractivity contribution in [3.05, 3.63) is 40.2 Å². The number of ether oxygens (including phenoxy) is 2. The van der Waals surface area contributed by atoms with Gasteiger partial charge in [-0.05, 0) is 58.1 Å². The molecule has 0 fully saturated rings. The average molecular weight is 373 g/mol. The summed E-state index contributed by atoms with van der Waals surface area (Å²) in [5.74, 6) is 1.78. The number of aromatic nitrogens is 2. The molecular formula is C21H28N2O2S. The van der Waals surface area contributed by atoms with Crippen LogP contribution in [-0.2, 0) is 24.1 Å². The molecule has 0 saturated heterocycles. The molecule has 26 heavy (non-hydrogen) atoms. The summed E-state index contributed by atoms with van der Waals surface area (Å²) >= 11 is 5.64. The molecule has 0 amide bonds. The topological polar surface area (TPSA) is 36.3 Å². The van der Waals surface area contributed by atoms with Crippen molar-refractivity contribution in [1.82, 2.24) is 9.55 Å². The van der Waals surface area contributed by atoms with Crippen LogP contribution in [0.4, 0.5) is 0 Å². The maximum Gasteiger partial charge on any atom is 0.141 e. The summed E-state index contributed by atoms with van der Waals surface area (Å²) in [4.78, 5) is 4.83. The maximum absolute atomic E-state index is 5.74. The second-order valence-corrected chi connectivity index (χ2v) is 7.42. The van der Waals surface area contributed by atoms with Crippen LogP contribution >= 0.6 is 12.2 Å². The molecule has 0 N–H and O–H groups in total. The monoisotopic (exact) mass is 372 g/mol. The van der Waals surface area contributed by atoms with Gasteiger partial charge in [0.25, 0.3) is 0 Å². The molecule has 0 unspecified atom stereocenters. The Morgan fingerprint density at radius 3 is 2.81 bits per heavy atom. The van der Waals surface area contributed by atoms with E-state index in [0.29, 0.717) is 0 Å². The van der Waals surface area contributed by atoms with Gasteiger partial charge in [-0.15, -0.1) is 0 Å². The molecule has 0 saturated carbocycles. The lowest BCUT2D eigenvalue weighted by Gasteiger charge is -2.25. The molecule has 140 valence electrons. The predicted octanol–water partition coefficient (Wildman–Crippen LogP) is 4.98. The lowest BCUT2D eigenvalue weighted by Crippen LogP contribution is -2.19. The normalized spacial score (nSPS) is 13.7. The third-order valence-electron chi connectivity index (χ3n) is 4.79. The van der Waals surface area contributed by atoms with Gasteiger partial charge in [0.15, 0.2) is 0 Å². The van der Waals surface area contributed by atoms with Crippen LogP contribution in [0.15, 0.2) is 24.3 Å². The van der Waals surface area contributed by atoms with Crippen LogP contribution in [0.25, 0.3) is 11.4 Å². The Morgan fingerprint density at radius 2 is 2.04 bits per heavy atom. The van der Waals surface area contributed by atoms with E-state index in [4.69, 9.17) is 26.7 Å².